The first kappa shape index (κ1) is 14.1. The normalized spacial score (nSPS) is 10.2. The highest BCUT2D eigenvalue weighted by atomic mass is 35.5. The number of carboxylic acids is 1. The van der Waals surface area contributed by atoms with Gasteiger partial charge in [0.25, 0.3) is 0 Å². The number of aliphatic carboxylic acids is 1. The Morgan fingerprint density at radius 1 is 1.24 bits per heavy atom. The average molecular weight is 276 g/mol. The van der Waals surface area contributed by atoms with Crippen LogP contribution in [-0.4, -0.2) is 17.6 Å². The number of rotatable bonds is 7. The van der Waals surface area contributed by atoms with Gasteiger partial charge in [0.15, 0.2) is 0 Å². The fraction of sp³-hybridized carbons (Fsp3) is 0.417. The first-order valence-corrected chi connectivity index (χ1v) is 6.26. The van der Waals surface area contributed by atoms with Crippen molar-refractivity contribution in [3.63, 3.8) is 0 Å². The van der Waals surface area contributed by atoms with Gasteiger partial charge in [-0.25, -0.2) is 0 Å². The molecule has 0 saturated heterocycles. The van der Waals surface area contributed by atoms with Crippen molar-refractivity contribution in [3.05, 3.63) is 28.2 Å². The summed E-state index contributed by atoms with van der Waals surface area (Å²) < 4.78 is 0. The summed E-state index contributed by atoms with van der Waals surface area (Å²) in [5.74, 6) is -0.737. The number of unbranched alkanes of at least 4 members (excludes halogenated alkanes) is 2. The number of halogens is 2. The molecule has 0 atom stereocenters. The van der Waals surface area contributed by atoms with E-state index in [2.05, 4.69) is 5.32 Å². The number of hydrogen-bond donors (Lipinski definition) is 2. The summed E-state index contributed by atoms with van der Waals surface area (Å²) in [5.41, 5.74) is 0.856. The van der Waals surface area contributed by atoms with E-state index in [1.54, 1.807) is 12.1 Å². The minimum absolute atomic E-state index is 0.238. The van der Waals surface area contributed by atoms with Crippen molar-refractivity contribution >= 4 is 34.9 Å². The molecule has 0 bridgehead atoms. The molecule has 0 heterocycles. The summed E-state index contributed by atoms with van der Waals surface area (Å²) in [6.07, 6.45) is 2.77. The number of anilines is 1. The van der Waals surface area contributed by atoms with Crippen LogP contribution in [0.15, 0.2) is 18.2 Å². The summed E-state index contributed by atoms with van der Waals surface area (Å²) >= 11 is 11.8. The number of nitrogens with one attached hydrogen (secondary N) is 1. The summed E-state index contributed by atoms with van der Waals surface area (Å²) in [6, 6.07) is 5.30. The molecule has 1 aromatic rings. The largest absolute Gasteiger partial charge is 0.481 e. The Hall–Kier alpha value is -0.930. The van der Waals surface area contributed by atoms with E-state index in [0.717, 1.165) is 25.1 Å². The van der Waals surface area contributed by atoms with Gasteiger partial charge in [-0.1, -0.05) is 29.6 Å². The van der Waals surface area contributed by atoms with Crippen molar-refractivity contribution in [2.75, 3.05) is 11.9 Å². The third kappa shape index (κ3) is 5.80. The molecule has 0 radical (unpaired) electrons. The van der Waals surface area contributed by atoms with E-state index in [1.165, 1.54) is 0 Å². The van der Waals surface area contributed by atoms with Gasteiger partial charge in [-0.2, -0.15) is 0 Å². The van der Waals surface area contributed by atoms with Crippen molar-refractivity contribution in [2.45, 2.75) is 25.7 Å². The van der Waals surface area contributed by atoms with Gasteiger partial charge >= 0.3 is 5.97 Å². The predicted octanol–water partition coefficient (Wildman–Crippen LogP) is 4.05. The Balaban J connectivity index is 2.20. The molecule has 3 nitrogen and oxygen atoms in total. The van der Waals surface area contributed by atoms with Gasteiger partial charge in [0.1, 0.15) is 0 Å². The smallest absolute Gasteiger partial charge is 0.303 e. The van der Waals surface area contributed by atoms with Gasteiger partial charge in [-0.05, 0) is 31.0 Å². The highest BCUT2D eigenvalue weighted by Crippen LogP contribution is 2.25. The summed E-state index contributed by atoms with van der Waals surface area (Å²) in [5, 5.41) is 12.9. The number of benzene rings is 1. The predicted molar refractivity (Wildman–Crippen MR) is 71.1 cm³/mol. The van der Waals surface area contributed by atoms with Crippen molar-refractivity contribution in [1.82, 2.24) is 0 Å². The first-order chi connectivity index (χ1) is 8.09. The Labute approximate surface area is 111 Å². The van der Waals surface area contributed by atoms with E-state index >= 15 is 0 Å². The highest BCUT2D eigenvalue weighted by molar-refractivity contribution is 6.36. The average Bonchev–Trinajstić information content (AvgIpc) is 2.25. The van der Waals surface area contributed by atoms with Crippen LogP contribution in [0.1, 0.15) is 25.7 Å². The topological polar surface area (TPSA) is 49.3 Å². The second-order valence-electron chi connectivity index (χ2n) is 3.76. The van der Waals surface area contributed by atoms with Gasteiger partial charge < -0.3 is 10.4 Å². The van der Waals surface area contributed by atoms with Crippen molar-refractivity contribution < 1.29 is 9.90 Å². The van der Waals surface area contributed by atoms with Gasteiger partial charge in [-0.3, -0.25) is 4.79 Å². The lowest BCUT2D eigenvalue weighted by Crippen LogP contribution is -2.02. The van der Waals surface area contributed by atoms with Crippen LogP contribution in [-0.2, 0) is 4.79 Å². The molecule has 0 spiro atoms. The minimum Gasteiger partial charge on any atom is -0.481 e. The lowest BCUT2D eigenvalue weighted by atomic mass is 10.2. The molecule has 2 N–H and O–H groups in total. The van der Waals surface area contributed by atoms with Gasteiger partial charge in [0.05, 0.1) is 10.7 Å². The zero-order chi connectivity index (χ0) is 12.7. The SMILES string of the molecule is O=C(O)CCCCCNc1ccc(Cl)cc1Cl. The molecule has 0 saturated carbocycles. The second kappa shape index (κ2) is 7.41. The van der Waals surface area contributed by atoms with Crippen LogP contribution in [0.25, 0.3) is 0 Å². The number of carbonyl (C=O) groups is 1. The lowest BCUT2D eigenvalue weighted by Gasteiger charge is -2.08. The van der Waals surface area contributed by atoms with Crippen molar-refractivity contribution in [2.24, 2.45) is 0 Å². The van der Waals surface area contributed by atoms with E-state index < -0.39 is 5.97 Å². The van der Waals surface area contributed by atoms with Gasteiger partial charge in [-0.15, -0.1) is 0 Å². The van der Waals surface area contributed by atoms with E-state index in [-0.39, 0.29) is 6.42 Å². The molecule has 0 aliphatic carbocycles. The van der Waals surface area contributed by atoms with Crippen LogP contribution < -0.4 is 5.32 Å². The van der Waals surface area contributed by atoms with Crippen LogP contribution in [0.5, 0.6) is 0 Å². The highest BCUT2D eigenvalue weighted by Gasteiger charge is 2.00. The lowest BCUT2D eigenvalue weighted by molar-refractivity contribution is -0.137. The fourth-order valence-corrected chi connectivity index (χ4v) is 1.91. The first-order valence-electron chi connectivity index (χ1n) is 5.50. The van der Waals surface area contributed by atoms with Crippen LogP contribution in [0, 0.1) is 0 Å². The van der Waals surface area contributed by atoms with Crippen LogP contribution in [0.3, 0.4) is 0 Å². The maximum atomic E-state index is 10.3. The third-order valence-electron chi connectivity index (χ3n) is 2.31. The maximum absolute atomic E-state index is 10.3. The molecule has 0 fully saturated rings. The summed E-state index contributed by atoms with van der Waals surface area (Å²) in [7, 11) is 0. The Kier molecular flexibility index (Phi) is 6.16. The van der Waals surface area contributed by atoms with Crippen LogP contribution in [0.4, 0.5) is 5.69 Å². The van der Waals surface area contributed by atoms with E-state index in [9.17, 15) is 4.79 Å². The van der Waals surface area contributed by atoms with E-state index in [4.69, 9.17) is 28.3 Å². The molecule has 0 aromatic heterocycles. The van der Waals surface area contributed by atoms with Crippen LogP contribution >= 0.6 is 23.2 Å². The zero-order valence-corrected chi connectivity index (χ0v) is 10.9. The minimum atomic E-state index is -0.737. The molecular formula is C12H15Cl2NO2. The molecule has 1 aromatic carbocycles. The molecule has 5 heteroatoms. The molecule has 94 valence electrons. The molecule has 0 amide bonds. The molecule has 1 rings (SSSR count). The Morgan fingerprint density at radius 2 is 2.00 bits per heavy atom. The van der Waals surface area contributed by atoms with Crippen LogP contribution in [0.2, 0.25) is 10.0 Å². The quantitative estimate of drug-likeness (QED) is 0.738. The summed E-state index contributed by atoms with van der Waals surface area (Å²) in [4.78, 5) is 10.3. The van der Waals surface area contributed by atoms with Gasteiger partial charge in [0, 0.05) is 18.0 Å². The van der Waals surface area contributed by atoms with Crippen molar-refractivity contribution in [1.29, 1.82) is 0 Å². The summed E-state index contributed by atoms with van der Waals surface area (Å²) in [6.45, 7) is 0.779. The zero-order valence-electron chi connectivity index (χ0n) is 9.38. The molecular weight excluding hydrogens is 261 g/mol. The van der Waals surface area contributed by atoms with E-state index in [0.29, 0.717) is 16.5 Å². The molecule has 0 aliphatic heterocycles. The fourth-order valence-electron chi connectivity index (χ4n) is 1.43. The standard InChI is InChI=1S/C12H15Cl2NO2/c13-9-5-6-11(10(14)8-9)15-7-3-1-2-4-12(16)17/h5-6,8,15H,1-4,7H2,(H,16,17). The maximum Gasteiger partial charge on any atom is 0.303 e. The van der Waals surface area contributed by atoms with E-state index in [1.807, 2.05) is 6.07 Å². The molecule has 0 unspecified atom stereocenters. The van der Waals surface area contributed by atoms with Crippen molar-refractivity contribution in [3.8, 4) is 0 Å². The second-order valence-corrected chi connectivity index (χ2v) is 4.60. The third-order valence-corrected chi connectivity index (χ3v) is 2.86. The Morgan fingerprint density at radius 3 is 2.65 bits per heavy atom. The molecule has 17 heavy (non-hydrogen) atoms. The number of carboxylic acid groups (broad SMARTS) is 1. The van der Waals surface area contributed by atoms with Gasteiger partial charge in [0.2, 0.25) is 0 Å². The number of hydrogen-bond acceptors (Lipinski definition) is 2. The monoisotopic (exact) mass is 275 g/mol. The Bertz CT molecular complexity index is 383. The molecule has 0 aliphatic rings.